The highest BCUT2D eigenvalue weighted by Crippen LogP contribution is 2.26. The fourth-order valence-corrected chi connectivity index (χ4v) is 3.96. The van der Waals surface area contributed by atoms with Crippen LogP contribution >= 0.6 is 0 Å². The minimum absolute atomic E-state index is 0.0179. The van der Waals surface area contributed by atoms with Gasteiger partial charge in [-0.1, -0.05) is 18.0 Å². The molecule has 0 spiro atoms. The minimum atomic E-state index is -0.0179. The van der Waals surface area contributed by atoms with Crippen molar-refractivity contribution in [2.24, 2.45) is 5.92 Å². The summed E-state index contributed by atoms with van der Waals surface area (Å²) in [5.74, 6) is 1.48. The molecule has 144 valence electrons. The monoisotopic (exact) mass is 370 g/mol. The second-order valence-electron chi connectivity index (χ2n) is 7.40. The van der Waals surface area contributed by atoms with Crippen molar-refractivity contribution >= 4 is 11.9 Å². The Morgan fingerprint density at radius 3 is 2.70 bits per heavy atom. The third-order valence-corrected chi connectivity index (χ3v) is 5.53. The summed E-state index contributed by atoms with van der Waals surface area (Å²) in [6.45, 7) is 1.46. The molecule has 1 amide bonds. The Balaban J connectivity index is 1.40. The fourth-order valence-electron chi connectivity index (χ4n) is 3.96. The van der Waals surface area contributed by atoms with Crippen molar-refractivity contribution in [3.05, 3.63) is 24.3 Å². The zero-order chi connectivity index (χ0) is 18.6. The number of amides is 1. The maximum Gasteiger partial charge on any atom is 0.324 e. The number of ether oxygens (including phenoxy) is 1. The summed E-state index contributed by atoms with van der Waals surface area (Å²) in [7, 11) is 1.64. The van der Waals surface area contributed by atoms with Gasteiger partial charge in [-0.25, -0.2) is 0 Å². The molecule has 1 aromatic carbocycles. The van der Waals surface area contributed by atoms with E-state index in [2.05, 4.69) is 15.5 Å². The van der Waals surface area contributed by atoms with Gasteiger partial charge < -0.3 is 19.5 Å². The van der Waals surface area contributed by atoms with Crippen LogP contribution in [0.4, 0.5) is 6.01 Å². The smallest absolute Gasteiger partial charge is 0.324 e. The lowest BCUT2D eigenvalue weighted by molar-refractivity contribution is -0.125. The molecule has 7 heteroatoms. The highest BCUT2D eigenvalue weighted by atomic mass is 16.5. The van der Waals surface area contributed by atoms with Crippen LogP contribution in [0.25, 0.3) is 11.4 Å². The van der Waals surface area contributed by atoms with Crippen LogP contribution in [0.2, 0.25) is 0 Å². The summed E-state index contributed by atoms with van der Waals surface area (Å²) >= 11 is 0. The predicted octanol–water partition coefficient (Wildman–Crippen LogP) is 3.02. The normalized spacial score (nSPS) is 20.6. The highest BCUT2D eigenvalue weighted by Gasteiger charge is 2.30. The number of aromatic nitrogens is 2. The van der Waals surface area contributed by atoms with E-state index in [9.17, 15) is 4.79 Å². The van der Waals surface area contributed by atoms with Gasteiger partial charge >= 0.3 is 6.01 Å². The van der Waals surface area contributed by atoms with Crippen LogP contribution in [0.1, 0.15) is 38.5 Å². The molecule has 1 aliphatic heterocycles. The van der Waals surface area contributed by atoms with Gasteiger partial charge in [0, 0.05) is 24.7 Å². The first-order chi connectivity index (χ1) is 13.2. The van der Waals surface area contributed by atoms with Gasteiger partial charge in [-0.2, -0.15) is 4.98 Å². The molecular weight excluding hydrogens is 344 g/mol. The van der Waals surface area contributed by atoms with E-state index in [0.29, 0.717) is 24.4 Å². The van der Waals surface area contributed by atoms with Crippen molar-refractivity contribution in [3.8, 4) is 17.1 Å². The Morgan fingerprint density at radius 1 is 1.19 bits per heavy atom. The summed E-state index contributed by atoms with van der Waals surface area (Å²) in [6, 6.07) is 8.39. The van der Waals surface area contributed by atoms with Crippen molar-refractivity contribution in [3.63, 3.8) is 0 Å². The average Bonchev–Trinajstić information content (AvgIpc) is 3.40. The number of methoxy groups -OCH3 is 1. The first-order valence-corrected chi connectivity index (χ1v) is 9.76. The number of anilines is 1. The first kappa shape index (κ1) is 17.8. The third-order valence-electron chi connectivity index (χ3n) is 5.53. The van der Waals surface area contributed by atoms with Crippen LogP contribution in [0, 0.1) is 5.92 Å². The van der Waals surface area contributed by atoms with E-state index in [1.165, 1.54) is 12.8 Å². The van der Waals surface area contributed by atoms with E-state index in [1.54, 1.807) is 7.11 Å². The van der Waals surface area contributed by atoms with Crippen LogP contribution in [0.5, 0.6) is 5.75 Å². The van der Waals surface area contributed by atoms with Crippen LogP contribution in [0.15, 0.2) is 28.8 Å². The van der Waals surface area contributed by atoms with E-state index in [0.717, 1.165) is 43.5 Å². The molecule has 2 fully saturated rings. The third kappa shape index (κ3) is 4.07. The zero-order valence-electron chi connectivity index (χ0n) is 15.7. The second-order valence-corrected chi connectivity index (χ2v) is 7.40. The Labute approximate surface area is 159 Å². The number of rotatable bonds is 5. The van der Waals surface area contributed by atoms with Gasteiger partial charge in [0.05, 0.1) is 13.0 Å². The molecule has 1 aliphatic carbocycles. The lowest BCUT2D eigenvalue weighted by Crippen LogP contribution is -2.45. The number of piperidine rings is 1. The molecule has 4 rings (SSSR count). The second kappa shape index (κ2) is 7.98. The molecule has 2 aliphatic rings. The van der Waals surface area contributed by atoms with Gasteiger partial charge in [-0.15, -0.1) is 0 Å². The highest BCUT2D eigenvalue weighted by molar-refractivity contribution is 5.79. The molecule has 2 heterocycles. The number of nitrogens with zero attached hydrogens (tertiary/aromatic N) is 3. The lowest BCUT2D eigenvalue weighted by atomic mass is 9.97. The molecular formula is C20H26N4O3. The SMILES string of the molecule is COc1ccc(-c2noc(N3CCC[C@@H](C(=O)NC4CCCC4)C3)n2)cc1. The maximum atomic E-state index is 12.6. The van der Waals surface area contributed by atoms with Crippen LogP contribution < -0.4 is 15.0 Å². The number of carbonyl (C=O) groups excluding carboxylic acids is 1. The zero-order valence-corrected chi connectivity index (χ0v) is 15.7. The molecule has 1 saturated carbocycles. The van der Waals surface area contributed by atoms with Crippen molar-refractivity contribution in [2.45, 2.75) is 44.6 Å². The standard InChI is InChI=1S/C20H26N4O3/c1-26-17-10-8-14(9-11-17)18-22-20(27-23-18)24-12-4-5-15(13-24)19(25)21-16-6-2-3-7-16/h8-11,15-16H,2-7,12-13H2,1H3,(H,21,25)/t15-/m1/s1. The summed E-state index contributed by atoms with van der Waals surface area (Å²) in [5, 5.41) is 7.32. The number of benzene rings is 1. The summed E-state index contributed by atoms with van der Waals surface area (Å²) < 4.78 is 10.7. The van der Waals surface area contributed by atoms with E-state index < -0.39 is 0 Å². The maximum absolute atomic E-state index is 12.6. The fraction of sp³-hybridized carbons (Fsp3) is 0.550. The van der Waals surface area contributed by atoms with Gasteiger partial charge in [-0.05, 0) is 49.9 Å². The quantitative estimate of drug-likeness (QED) is 0.871. The van der Waals surface area contributed by atoms with E-state index in [1.807, 2.05) is 29.2 Å². The largest absolute Gasteiger partial charge is 0.497 e. The predicted molar refractivity (Wildman–Crippen MR) is 102 cm³/mol. The van der Waals surface area contributed by atoms with Gasteiger partial charge in [0.2, 0.25) is 11.7 Å². The summed E-state index contributed by atoms with van der Waals surface area (Å²) in [4.78, 5) is 19.2. The van der Waals surface area contributed by atoms with Gasteiger partial charge in [-0.3, -0.25) is 4.79 Å². The average molecular weight is 370 g/mol. The molecule has 0 bridgehead atoms. The lowest BCUT2D eigenvalue weighted by Gasteiger charge is -2.31. The van der Waals surface area contributed by atoms with Crippen molar-refractivity contribution < 1.29 is 14.1 Å². The van der Waals surface area contributed by atoms with E-state index in [4.69, 9.17) is 9.26 Å². The molecule has 1 saturated heterocycles. The molecule has 1 aromatic heterocycles. The van der Waals surface area contributed by atoms with Crippen LogP contribution in [-0.2, 0) is 4.79 Å². The number of hydrogen-bond donors (Lipinski definition) is 1. The van der Waals surface area contributed by atoms with Crippen molar-refractivity contribution in [1.82, 2.24) is 15.5 Å². The van der Waals surface area contributed by atoms with Crippen LogP contribution in [-0.4, -0.2) is 42.3 Å². The minimum Gasteiger partial charge on any atom is -0.497 e. The molecule has 27 heavy (non-hydrogen) atoms. The Hall–Kier alpha value is -2.57. The van der Waals surface area contributed by atoms with Crippen molar-refractivity contribution in [2.75, 3.05) is 25.1 Å². The van der Waals surface area contributed by atoms with E-state index >= 15 is 0 Å². The van der Waals surface area contributed by atoms with E-state index in [-0.39, 0.29) is 11.8 Å². The topological polar surface area (TPSA) is 80.5 Å². The Kier molecular flexibility index (Phi) is 5.27. The molecule has 0 radical (unpaired) electrons. The first-order valence-electron chi connectivity index (χ1n) is 9.76. The Morgan fingerprint density at radius 2 is 1.96 bits per heavy atom. The molecule has 0 unspecified atom stereocenters. The van der Waals surface area contributed by atoms with Gasteiger partial charge in [0.15, 0.2) is 0 Å². The van der Waals surface area contributed by atoms with Gasteiger partial charge in [0.1, 0.15) is 5.75 Å². The number of carbonyl (C=O) groups is 1. The summed E-state index contributed by atoms with van der Waals surface area (Å²) in [6.07, 6.45) is 6.52. The molecule has 1 atom stereocenters. The molecule has 1 N–H and O–H groups in total. The number of nitrogens with one attached hydrogen (secondary N) is 1. The molecule has 7 nitrogen and oxygen atoms in total. The molecule has 2 aromatic rings. The summed E-state index contributed by atoms with van der Waals surface area (Å²) in [5.41, 5.74) is 0.873. The van der Waals surface area contributed by atoms with Crippen molar-refractivity contribution in [1.29, 1.82) is 0 Å². The number of hydrogen-bond acceptors (Lipinski definition) is 6. The van der Waals surface area contributed by atoms with Crippen LogP contribution in [0.3, 0.4) is 0 Å². The van der Waals surface area contributed by atoms with Gasteiger partial charge in [0.25, 0.3) is 0 Å². The Bertz CT molecular complexity index is 768.